The summed E-state index contributed by atoms with van der Waals surface area (Å²) in [6.45, 7) is 6.80. The summed E-state index contributed by atoms with van der Waals surface area (Å²) >= 11 is 0. The fraction of sp³-hybridized carbons (Fsp3) is 0.611. The first-order valence-corrected chi connectivity index (χ1v) is 8.56. The molecule has 5 heteroatoms. The number of rotatable bonds is 6. The SMILES string of the molecule is CCN(C)Cc1cccc(CNC(=O)NC2CCN(C)CC2)c1. The highest BCUT2D eigenvalue weighted by Crippen LogP contribution is 2.09. The summed E-state index contributed by atoms with van der Waals surface area (Å²) in [4.78, 5) is 16.6. The van der Waals surface area contributed by atoms with Crippen LogP contribution in [0.15, 0.2) is 24.3 Å². The largest absolute Gasteiger partial charge is 0.335 e. The van der Waals surface area contributed by atoms with Gasteiger partial charge in [-0.2, -0.15) is 0 Å². The van der Waals surface area contributed by atoms with Gasteiger partial charge in [0.25, 0.3) is 0 Å². The maximum absolute atomic E-state index is 12.0. The van der Waals surface area contributed by atoms with Gasteiger partial charge in [-0.1, -0.05) is 31.2 Å². The zero-order valence-electron chi connectivity index (χ0n) is 14.6. The van der Waals surface area contributed by atoms with Crippen LogP contribution in [0.2, 0.25) is 0 Å². The molecule has 0 unspecified atom stereocenters. The van der Waals surface area contributed by atoms with Crippen molar-refractivity contribution in [1.29, 1.82) is 0 Å². The number of carbonyl (C=O) groups excluding carboxylic acids is 1. The van der Waals surface area contributed by atoms with Crippen LogP contribution in [0.4, 0.5) is 4.79 Å². The highest BCUT2D eigenvalue weighted by molar-refractivity contribution is 5.74. The number of urea groups is 1. The summed E-state index contributed by atoms with van der Waals surface area (Å²) < 4.78 is 0. The molecule has 1 aromatic carbocycles. The molecule has 0 spiro atoms. The van der Waals surface area contributed by atoms with Crippen molar-refractivity contribution in [2.24, 2.45) is 0 Å². The smallest absolute Gasteiger partial charge is 0.315 e. The molecule has 0 aliphatic carbocycles. The van der Waals surface area contributed by atoms with Gasteiger partial charge in [-0.05, 0) is 57.7 Å². The number of carbonyl (C=O) groups is 1. The van der Waals surface area contributed by atoms with Crippen LogP contribution in [0.25, 0.3) is 0 Å². The number of likely N-dealkylation sites (tertiary alicyclic amines) is 1. The van der Waals surface area contributed by atoms with E-state index in [1.807, 2.05) is 0 Å². The Morgan fingerprint density at radius 2 is 2.00 bits per heavy atom. The second-order valence-corrected chi connectivity index (χ2v) is 6.55. The molecule has 1 heterocycles. The molecule has 5 nitrogen and oxygen atoms in total. The fourth-order valence-corrected chi connectivity index (χ4v) is 2.83. The van der Waals surface area contributed by atoms with E-state index in [0.29, 0.717) is 12.6 Å². The molecule has 2 N–H and O–H groups in total. The molecule has 1 aliphatic rings. The van der Waals surface area contributed by atoms with Crippen molar-refractivity contribution in [3.8, 4) is 0 Å². The van der Waals surface area contributed by atoms with E-state index in [4.69, 9.17) is 0 Å². The average Bonchev–Trinajstić information content (AvgIpc) is 2.55. The minimum absolute atomic E-state index is 0.0596. The highest BCUT2D eigenvalue weighted by atomic mass is 16.2. The monoisotopic (exact) mass is 318 g/mol. The number of nitrogens with zero attached hydrogens (tertiary/aromatic N) is 2. The number of amides is 2. The second kappa shape index (κ2) is 8.89. The number of piperidine rings is 1. The number of hydrogen-bond acceptors (Lipinski definition) is 3. The molecule has 1 saturated heterocycles. The lowest BCUT2D eigenvalue weighted by Gasteiger charge is -2.29. The van der Waals surface area contributed by atoms with Crippen LogP contribution < -0.4 is 10.6 Å². The first kappa shape index (κ1) is 17.8. The Morgan fingerprint density at radius 1 is 1.30 bits per heavy atom. The van der Waals surface area contributed by atoms with Crippen molar-refractivity contribution >= 4 is 6.03 Å². The number of benzene rings is 1. The maximum atomic E-state index is 12.0. The molecular formula is C18H30N4O. The Hall–Kier alpha value is -1.59. The molecule has 0 saturated carbocycles. The van der Waals surface area contributed by atoms with Crippen LogP contribution in [0.5, 0.6) is 0 Å². The van der Waals surface area contributed by atoms with E-state index in [0.717, 1.165) is 44.6 Å². The van der Waals surface area contributed by atoms with Crippen LogP contribution in [0.1, 0.15) is 30.9 Å². The topological polar surface area (TPSA) is 47.6 Å². The molecule has 0 aromatic heterocycles. The van der Waals surface area contributed by atoms with Gasteiger partial charge in [0.2, 0.25) is 0 Å². The van der Waals surface area contributed by atoms with Crippen molar-refractivity contribution in [2.45, 2.75) is 38.9 Å². The molecule has 0 radical (unpaired) electrons. The Morgan fingerprint density at radius 3 is 2.70 bits per heavy atom. The summed E-state index contributed by atoms with van der Waals surface area (Å²) in [5.41, 5.74) is 2.43. The summed E-state index contributed by atoms with van der Waals surface area (Å²) in [6, 6.07) is 8.66. The van der Waals surface area contributed by atoms with E-state index in [1.165, 1.54) is 5.56 Å². The lowest BCUT2D eigenvalue weighted by molar-refractivity contribution is 0.213. The van der Waals surface area contributed by atoms with Crippen LogP contribution in [0.3, 0.4) is 0 Å². The Kier molecular flexibility index (Phi) is 6.86. The van der Waals surface area contributed by atoms with E-state index >= 15 is 0 Å². The van der Waals surface area contributed by atoms with Crippen LogP contribution in [-0.4, -0.2) is 55.6 Å². The van der Waals surface area contributed by atoms with Gasteiger partial charge < -0.3 is 20.4 Å². The molecule has 1 aliphatic heterocycles. The zero-order chi connectivity index (χ0) is 16.7. The minimum Gasteiger partial charge on any atom is -0.335 e. The van der Waals surface area contributed by atoms with E-state index in [2.05, 4.69) is 65.7 Å². The Labute approximate surface area is 140 Å². The summed E-state index contributed by atoms with van der Waals surface area (Å²) in [5, 5.41) is 6.06. The van der Waals surface area contributed by atoms with Gasteiger partial charge in [0.15, 0.2) is 0 Å². The van der Waals surface area contributed by atoms with E-state index in [9.17, 15) is 4.79 Å². The van der Waals surface area contributed by atoms with Crippen molar-refractivity contribution in [2.75, 3.05) is 33.7 Å². The van der Waals surface area contributed by atoms with E-state index < -0.39 is 0 Å². The molecule has 0 atom stereocenters. The molecule has 23 heavy (non-hydrogen) atoms. The predicted octanol–water partition coefficient (Wildman–Crippen LogP) is 2.03. The number of hydrogen-bond donors (Lipinski definition) is 2. The number of nitrogens with one attached hydrogen (secondary N) is 2. The summed E-state index contributed by atoms with van der Waals surface area (Å²) in [5.74, 6) is 0. The second-order valence-electron chi connectivity index (χ2n) is 6.55. The molecule has 0 bridgehead atoms. The third kappa shape index (κ3) is 6.20. The van der Waals surface area contributed by atoms with E-state index in [1.54, 1.807) is 0 Å². The van der Waals surface area contributed by atoms with Gasteiger partial charge in [0.05, 0.1) is 0 Å². The zero-order valence-corrected chi connectivity index (χ0v) is 14.6. The highest BCUT2D eigenvalue weighted by Gasteiger charge is 2.18. The third-order valence-electron chi connectivity index (χ3n) is 4.49. The summed E-state index contributed by atoms with van der Waals surface area (Å²) in [7, 11) is 4.24. The third-order valence-corrected chi connectivity index (χ3v) is 4.49. The van der Waals surface area contributed by atoms with Gasteiger partial charge >= 0.3 is 6.03 Å². The average molecular weight is 318 g/mol. The molecule has 2 amide bonds. The normalized spacial score (nSPS) is 16.5. The first-order valence-electron chi connectivity index (χ1n) is 8.56. The van der Waals surface area contributed by atoms with Crippen molar-refractivity contribution in [3.63, 3.8) is 0 Å². The molecule has 128 valence electrons. The maximum Gasteiger partial charge on any atom is 0.315 e. The van der Waals surface area contributed by atoms with Gasteiger partial charge in [-0.15, -0.1) is 0 Å². The van der Waals surface area contributed by atoms with Crippen molar-refractivity contribution in [3.05, 3.63) is 35.4 Å². The van der Waals surface area contributed by atoms with Gasteiger partial charge in [-0.3, -0.25) is 0 Å². The fourth-order valence-electron chi connectivity index (χ4n) is 2.83. The Balaban J connectivity index is 1.76. The standard InChI is InChI=1S/C18H30N4O/c1-4-21(2)14-16-7-5-6-15(12-16)13-19-18(23)20-17-8-10-22(3)11-9-17/h5-7,12,17H,4,8-11,13-14H2,1-3H3,(H2,19,20,23). The molecular weight excluding hydrogens is 288 g/mol. The van der Waals surface area contributed by atoms with E-state index in [-0.39, 0.29) is 6.03 Å². The lowest BCUT2D eigenvalue weighted by Crippen LogP contribution is -2.46. The van der Waals surface area contributed by atoms with Gasteiger partial charge in [0, 0.05) is 19.1 Å². The van der Waals surface area contributed by atoms with Gasteiger partial charge in [-0.25, -0.2) is 4.79 Å². The molecule has 2 rings (SSSR count). The minimum atomic E-state index is -0.0596. The van der Waals surface area contributed by atoms with Crippen molar-refractivity contribution < 1.29 is 4.79 Å². The molecule has 1 aromatic rings. The van der Waals surface area contributed by atoms with Crippen LogP contribution in [-0.2, 0) is 13.1 Å². The van der Waals surface area contributed by atoms with Crippen molar-refractivity contribution in [1.82, 2.24) is 20.4 Å². The summed E-state index contributed by atoms with van der Waals surface area (Å²) in [6.07, 6.45) is 2.06. The predicted molar refractivity (Wildman–Crippen MR) is 94.3 cm³/mol. The Bertz CT molecular complexity index is 498. The van der Waals surface area contributed by atoms with Crippen LogP contribution >= 0.6 is 0 Å². The van der Waals surface area contributed by atoms with Gasteiger partial charge in [0.1, 0.15) is 0 Å². The lowest BCUT2D eigenvalue weighted by atomic mass is 10.1. The molecule has 1 fully saturated rings. The first-order chi connectivity index (χ1) is 11.1. The quantitative estimate of drug-likeness (QED) is 0.844. The van der Waals surface area contributed by atoms with Crippen LogP contribution in [0, 0.1) is 0 Å².